The molecule has 1 saturated heterocycles. The third-order valence-corrected chi connectivity index (χ3v) is 3.54. The summed E-state index contributed by atoms with van der Waals surface area (Å²) >= 11 is 0. The van der Waals surface area contributed by atoms with E-state index in [2.05, 4.69) is 34.3 Å². The van der Waals surface area contributed by atoms with Gasteiger partial charge in [0.15, 0.2) is 5.96 Å². The van der Waals surface area contributed by atoms with Gasteiger partial charge in [0.1, 0.15) is 0 Å². The molecule has 5 nitrogen and oxygen atoms in total. The number of nitrogens with one attached hydrogen (secondary N) is 2. The fraction of sp³-hybridized carbons (Fsp3) is 0.714. The Morgan fingerprint density at radius 3 is 2.89 bits per heavy atom. The molecule has 106 valence electrons. The number of aromatic amines is 1. The third-order valence-electron chi connectivity index (χ3n) is 3.54. The number of aliphatic imine (C=N–C) groups is 1. The van der Waals surface area contributed by atoms with Crippen molar-refractivity contribution in [2.45, 2.75) is 39.5 Å². The van der Waals surface area contributed by atoms with E-state index < -0.39 is 0 Å². The first-order valence-electron chi connectivity index (χ1n) is 7.33. The van der Waals surface area contributed by atoms with E-state index in [9.17, 15) is 0 Å². The van der Waals surface area contributed by atoms with Gasteiger partial charge >= 0.3 is 0 Å². The lowest BCUT2D eigenvalue weighted by molar-refractivity contribution is 0.493. The molecule has 0 unspecified atom stereocenters. The maximum Gasteiger partial charge on any atom is 0.193 e. The molecule has 2 N–H and O–H groups in total. The van der Waals surface area contributed by atoms with Crippen LogP contribution in [0.5, 0.6) is 0 Å². The van der Waals surface area contributed by atoms with Gasteiger partial charge in [0.25, 0.3) is 0 Å². The van der Waals surface area contributed by atoms with Gasteiger partial charge in [-0.25, -0.2) is 0 Å². The number of rotatable bonds is 5. The molecule has 1 fully saturated rings. The Kier molecular flexibility index (Phi) is 5.24. The minimum atomic E-state index is 0.878. The van der Waals surface area contributed by atoms with Crippen LogP contribution in [0, 0.1) is 6.92 Å². The van der Waals surface area contributed by atoms with E-state index in [1.54, 1.807) is 0 Å². The highest BCUT2D eigenvalue weighted by Gasteiger charge is 2.15. The second-order valence-electron chi connectivity index (χ2n) is 5.05. The van der Waals surface area contributed by atoms with E-state index in [1.807, 2.05) is 6.20 Å². The monoisotopic (exact) mass is 263 g/mol. The second-order valence-corrected chi connectivity index (χ2v) is 5.05. The first kappa shape index (κ1) is 13.9. The fourth-order valence-electron chi connectivity index (χ4n) is 2.44. The molecular weight excluding hydrogens is 238 g/mol. The van der Waals surface area contributed by atoms with E-state index in [4.69, 9.17) is 4.99 Å². The van der Waals surface area contributed by atoms with Crippen molar-refractivity contribution >= 4 is 5.96 Å². The number of hydrogen-bond acceptors (Lipinski definition) is 2. The minimum Gasteiger partial charge on any atom is -0.357 e. The molecule has 1 aliphatic heterocycles. The summed E-state index contributed by atoms with van der Waals surface area (Å²) in [5.41, 5.74) is 2.48. The Balaban J connectivity index is 1.79. The lowest BCUT2D eigenvalue weighted by Crippen LogP contribution is -2.39. The van der Waals surface area contributed by atoms with Gasteiger partial charge in [0.05, 0.1) is 6.20 Å². The quantitative estimate of drug-likeness (QED) is 0.483. The molecule has 5 heteroatoms. The molecule has 0 radical (unpaired) electrons. The zero-order chi connectivity index (χ0) is 13.5. The van der Waals surface area contributed by atoms with Crippen LogP contribution in [0.1, 0.15) is 37.4 Å². The number of nitrogens with zero attached hydrogens (tertiary/aromatic N) is 3. The van der Waals surface area contributed by atoms with Gasteiger partial charge in [-0.1, -0.05) is 0 Å². The van der Waals surface area contributed by atoms with Crippen LogP contribution >= 0.6 is 0 Å². The third kappa shape index (κ3) is 3.98. The lowest BCUT2D eigenvalue weighted by Gasteiger charge is -2.20. The Morgan fingerprint density at radius 2 is 2.26 bits per heavy atom. The normalized spacial score (nSPS) is 16.1. The van der Waals surface area contributed by atoms with Crippen LogP contribution < -0.4 is 5.32 Å². The maximum atomic E-state index is 4.73. The molecule has 0 aliphatic carbocycles. The van der Waals surface area contributed by atoms with Gasteiger partial charge < -0.3 is 10.2 Å². The Morgan fingerprint density at radius 1 is 1.47 bits per heavy atom. The average molecular weight is 263 g/mol. The van der Waals surface area contributed by atoms with Crippen LogP contribution in [0.15, 0.2) is 11.2 Å². The summed E-state index contributed by atoms with van der Waals surface area (Å²) < 4.78 is 0. The Labute approximate surface area is 115 Å². The van der Waals surface area contributed by atoms with Crippen LogP contribution in [0.2, 0.25) is 0 Å². The van der Waals surface area contributed by atoms with Crippen LogP contribution in [0.4, 0.5) is 0 Å². The molecule has 0 aromatic carbocycles. The molecule has 0 bridgehead atoms. The summed E-state index contributed by atoms with van der Waals surface area (Å²) in [4.78, 5) is 7.09. The van der Waals surface area contributed by atoms with Crippen LogP contribution in [0.3, 0.4) is 0 Å². The fourth-order valence-corrected chi connectivity index (χ4v) is 2.44. The molecule has 0 saturated carbocycles. The summed E-state index contributed by atoms with van der Waals surface area (Å²) in [5.74, 6) is 1.09. The topological polar surface area (TPSA) is 56.3 Å². The predicted octanol–water partition coefficient (Wildman–Crippen LogP) is 1.71. The molecule has 19 heavy (non-hydrogen) atoms. The second kappa shape index (κ2) is 7.16. The number of hydrogen-bond donors (Lipinski definition) is 2. The average Bonchev–Trinajstić information content (AvgIpc) is 3.05. The number of aryl methyl sites for hydroxylation is 2. The molecule has 1 aliphatic rings. The van der Waals surface area contributed by atoms with Crippen LogP contribution in [0.25, 0.3) is 0 Å². The molecule has 1 aromatic heterocycles. The summed E-state index contributed by atoms with van der Waals surface area (Å²) in [7, 11) is 0. The van der Waals surface area contributed by atoms with Gasteiger partial charge in [-0.15, -0.1) is 0 Å². The van der Waals surface area contributed by atoms with Gasteiger partial charge in [0.2, 0.25) is 0 Å². The molecular formula is C14H25N5. The van der Waals surface area contributed by atoms with Gasteiger partial charge in [0, 0.05) is 31.9 Å². The van der Waals surface area contributed by atoms with Crippen molar-refractivity contribution in [2.24, 2.45) is 4.99 Å². The van der Waals surface area contributed by atoms with E-state index >= 15 is 0 Å². The van der Waals surface area contributed by atoms with E-state index in [-0.39, 0.29) is 0 Å². The van der Waals surface area contributed by atoms with Crippen molar-refractivity contribution in [1.82, 2.24) is 20.4 Å². The van der Waals surface area contributed by atoms with Crippen molar-refractivity contribution in [2.75, 3.05) is 26.2 Å². The summed E-state index contributed by atoms with van der Waals surface area (Å²) in [6.07, 6.45) is 6.62. The van der Waals surface area contributed by atoms with Crippen molar-refractivity contribution in [3.8, 4) is 0 Å². The number of guanidine groups is 1. The molecule has 0 amide bonds. The van der Waals surface area contributed by atoms with Gasteiger partial charge in [-0.3, -0.25) is 10.1 Å². The number of likely N-dealkylation sites (tertiary alicyclic amines) is 1. The van der Waals surface area contributed by atoms with Crippen LogP contribution in [-0.4, -0.2) is 47.2 Å². The van der Waals surface area contributed by atoms with Gasteiger partial charge in [-0.05, 0) is 45.1 Å². The molecule has 0 spiro atoms. The van der Waals surface area contributed by atoms with Crippen molar-refractivity contribution in [3.63, 3.8) is 0 Å². The summed E-state index contributed by atoms with van der Waals surface area (Å²) in [5, 5.41) is 10.4. The number of aromatic nitrogens is 2. The molecule has 2 rings (SSSR count). The summed E-state index contributed by atoms with van der Waals surface area (Å²) in [6, 6.07) is 0. The highest BCUT2D eigenvalue weighted by atomic mass is 15.3. The zero-order valence-electron chi connectivity index (χ0n) is 12.1. The van der Waals surface area contributed by atoms with Crippen molar-refractivity contribution < 1.29 is 0 Å². The Hall–Kier alpha value is -1.52. The molecule has 1 aromatic rings. The Bertz CT molecular complexity index is 404. The first-order chi connectivity index (χ1) is 9.31. The van der Waals surface area contributed by atoms with E-state index in [1.165, 1.54) is 24.1 Å². The molecule has 0 atom stereocenters. The molecule has 2 heterocycles. The number of H-pyrrole nitrogens is 1. The largest absolute Gasteiger partial charge is 0.357 e. The summed E-state index contributed by atoms with van der Waals surface area (Å²) in [6.45, 7) is 8.30. The smallest absolute Gasteiger partial charge is 0.193 e. The van der Waals surface area contributed by atoms with E-state index in [0.717, 1.165) is 45.0 Å². The maximum absolute atomic E-state index is 4.73. The van der Waals surface area contributed by atoms with Gasteiger partial charge in [-0.2, -0.15) is 5.10 Å². The zero-order valence-corrected chi connectivity index (χ0v) is 12.1. The standard InChI is InChI=1S/C14H25N5/c1-3-15-14(19-9-4-5-10-19)16-8-6-7-13-11-17-18-12(13)2/h11H,3-10H2,1-2H3,(H,15,16)(H,17,18). The predicted molar refractivity (Wildman–Crippen MR) is 78.4 cm³/mol. The van der Waals surface area contributed by atoms with Crippen LogP contribution in [-0.2, 0) is 6.42 Å². The minimum absolute atomic E-state index is 0.878. The van der Waals surface area contributed by atoms with Crippen molar-refractivity contribution in [1.29, 1.82) is 0 Å². The van der Waals surface area contributed by atoms with Crippen molar-refractivity contribution in [3.05, 3.63) is 17.5 Å². The highest BCUT2D eigenvalue weighted by Crippen LogP contribution is 2.08. The SMILES string of the molecule is CCNC(=NCCCc1cn[nH]c1C)N1CCCC1. The first-order valence-corrected chi connectivity index (χ1v) is 7.33. The van der Waals surface area contributed by atoms with E-state index in [0.29, 0.717) is 0 Å². The highest BCUT2D eigenvalue weighted by molar-refractivity contribution is 5.80. The lowest BCUT2D eigenvalue weighted by atomic mass is 10.1.